The van der Waals surface area contributed by atoms with Crippen molar-refractivity contribution in [3.05, 3.63) is 30.1 Å². The lowest BCUT2D eigenvalue weighted by Gasteiger charge is -2.18. The summed E-state index contributed by atoms with van der Waals surface area (Å²) in [6.45, 7) is 1.76. The Hall–Kier alpha value is -1.46. The zero-order valence-electron chi connectivity index (χ0n) is 8.89. The zero-order chi connectivity index (χ0) is 11.4. The van der Waals surface area contributed by atoms with Crippen molar-refractivity contribution in [3.8, 4) is 0 Å². The van der Waals surface area contributed by atoms with Crippen LogP contribution in [0.3, 0.4) is 0 Å². The highest BCUT2D eigenvalue weighted by atomic mass is 16.4. The van der Waals surface area contributed by atoms with Gasteiger partial charge in [-0.05, 0) is 24.6 Å². The summed E-state index contributed by atoms with van der Waals surface area (Å²) in [6.07, 6.45) is 4.19. The number of aromatic nitrogens is 1. The Morgan fingerprint density at radius 2 is 2.56 bits per heavy atom. The van der Waals surface area contributed by atoms with Gasteiger partial charge in [-0.25, -0.2) is 0 Å². The average Bonchev–Trinajstić information content (AvgIpc) is 2.79. The zero-order valence-corrected chi connectivity index (χ0v) is 8.89. The number of carbonyl (C=O) groups is 1. The van der Waals surface area contributed by atoms with Gasteiger partial charge in [-0.3, -0.25) is 15.1 Å². The molecule has 0 spiro atoms. The fourth-order valence-electron chi connectivity index (χ4n) is 1.89. The van der Waals surface area contributed by atoms with Crippen LogP contribution >= 0.6 is 0 Å². The van der Waals surface area contributed by atoms with Crippen molar-refractivity contribution >= 4 is 5.97 Å². The minimum atomic E-state index is -0.861. The summed E-state index contributed by atoms with van der Waals surface area (Å²) in [4.78, 5) is 15.1. The molecular weight excluding hydrogens is 206 g/mol. The van der Waals surface area contributed by atoms with Crippen LogP contribution in [-0.2, 0) is 4.79 Å². The van der Waals surface area contributed by atoms with Crippen LogP contribution in [0.1, 0.15) is 18.0 Å². The molecule has 2 heterocycles. The predicted octanol–water partition coefficient (Wildman–Crippen LogP) is 0.159. The molecule has 0 aromatic carbocycles. The van der Waals surface area contributed by atoms with Crippen LogP contribution in [0.25, 0.3) is 0 Å². The first-order valence-corrected chi connectivity index (χ1v) is 5.37. The van der Waals surface area contributed by atoms with Gasteiger partial charge in [0.25, 0.3) is 0 Å². The average molecular weight is 221 g/mol. The standard InChI is InChI=1S/C11H15N3O2/c15-11(16)10(8-2-1-4-12-6-8)14-9-3-5-13-7-9/h1-2,4,6,9-10,13-14H,3,5,7H2,(H,15,16). The lowest BCUT2D eigenvalue weighted by molar-refractivity contribution is -0.139. The molecular formula is C11H15N3O2. The number of pyridine rings is 1. The highest BCUT2D eigenvalue weighted by Gasteiger charge is 2.24. The van der Waals surface area contributed by atoms with Gasteiger partial charge in [0.15, 0.2) is 0 Å². The van der Waals surface area contributed by atoms with E-state index in [1.807, 2.05) is 0 Å². The Bertz CT molecular complexity index is 350. The van der Waals surface area contributed by atoms with Crippen molar-refractivity contribution in [2.24, 2.45) is 0 Å². The quantitative estimate of drug-likeness (QED) is 0.675. The van der Waals surface area contributed by atoms with Crippen LogP contribution in [0, 0.1) is 0 Å². The molecule has 2 atom stereocenters. The monoisotopic (exact) mass is 221 g/mol. The van der Waals surface area contributed by atoms with Crippen molar-refractivity contribution in [3.63, 3.8) is 0 Å². The molecule has 2 unspecified atom stereocenters. The largest absolute Gasteiger partial charge is 0.480 e. The number of hydrogen-bond acceptors (Lipinski definition) is 4. The molecule has 3 N–H and O–H groups in total. The SMILES string of the molecule is O=C(O)C(NC1CCNC1)c1cccnc1. The normalized spacial score (nSPS) is 21.9. The highest BCUT2D eigenvalue weighted by molar-refractivity contribution is 5.75. The second kappa shape index (κ2) is 5.05. The third-order valence-electron chi connectivity index (χ3n) is 2.73. The Labute approximate surface area is 93.9 Å². The third-order valence-corrected chi connectivity index (χ3v) is 2.73. The van der Waals surface area contributed by atoms with Gasteiger partial charge >= 0.3 is 5.97 Å². The Morgan fingerprint density at radius 3 is 3.12 bits per heavy atom. The van der Waals surface area contributed by atoms with Crippen molar-refractivity contribution in [1.82, 2.24) is 15.6 Å². The van der Waals surface area contributed by atoms with Crippen molar-refractivity contribution < 1.29 is 9.90 Å². The van der Waals surface area contributed by atoms with E-state index < -0.39 is 12.0 Å². The summed E-state index contributed by atoms with van der Waals surface area (Å²) in [5.41, 5.74) is 0.696. The van der Waals surface area contributed by atoms with Crippen LogP contribution in [0.2, 0.25) is 0 Å². The molecule has 0 radical (unpaired) electrons. The molecule has 1 aromatic heterocycles. The number of rotatable bonds is 4. The van der Waals surface area contributed by atoms with Gasteiger partial charge in [0, 0.05) is 25.0 Å². The summed E-state index contributed by atoms with van der Waals surface area (Å²) in [5, 5.41) is 15.5. The van der Waals surface area contributed by atoms with E-state index in [0.717, 1.165) is 19.5 Å². The summed E-state index contributed by atoms with van der Waals surface area (Å²) in [7, 11) is 0. The third kappa shape index (κ3) is 2.56. The molecule has 0 saturated carbocycles. The summed E-state index contributed by atoms with van der Waals surface area (Å²) >= 11 is 0. The van der Waals surface area contributed by atoms with Gasteiger partial charge < -0.3 is 10.4 Å². The van der Waals surface area contributed by atoms with Gasteiger partial charge in [-0.1, -0.05) is 6.07 Å². The summed E-state index contributed by atoms with van der Waals surface area (Å²) < 4.78 is 0. The van der Waals surface area contributed by atoms with Crippen LogP contribution in [0.5, 0.6) is 0 Å². The fourth-order valence-corrected chi connectivity index (χ4v) is 1.89. The topological polar surface area (TPSA) is 74.2 Å². The minimum Gasteiger partial charge on any atom is -0.480 e. The number of carboxylic acids is 1. The molecule has 2 rings (SSSR count). The number of aliphatic carboxylic acids is 1. The predicted molar refractivity (Wildman–Crippen MR) is 59.0 cm³/mol. The molecule has 16 heavy (non-hydrogen) atoms. The van der Waals surface area contributed by atoms with Gasteiger partial charge in [-0.15, -0.1) is 0 Å². The van der Waals surface area contributed by atoms with E-state index in [1.165, 1.54) is 0 Å². The van der Waals surface area contributed by atoms with Crippen LogP contribution in [0.4, 0.5) is 0 Å². The van der Waals surface area contributed by atoms with E-state index in [2.05, 4.69) is 15.6 Å². The molecule has 1 aromatic rings. The number of hydrogen-bond donors (Lipinski definition) is 3. The maximum Gasteiger partial charge on any atom is 0.325 e. The molecule has 1 aliphatic rings. The second-order valence-electron chi connectivity index (χ2n) is 3.91. The second-order valence-corrected chi connectivity index (χ2v) is 3.91. The fraction of sp³-hybridized carbons (Fsp3) is 0.455. The molecule has 5 heteroatoms. The summed E-state index contributed by atoms with van der Waals surface area (Å²) in [6, 6.07) is 3.08. The van der Waals surface area contributed by atoms with Crippen LogP contribution in [-0.4, -0.2) is 35.2 Å². The Kier molecular flexibility index (Phi) is 3.48. The van der Waals surface area contributed by atoms with E-state index in [4.69, 9.17) is 0 Å². The van der Waals surface area contributed by atoms with Gasteiger partial charge in [0.05, 0.1) is 0 Å². The van der Waals surface area contributed by atoms with E-state index in [0.29, 0.717) is 5.56 Å². The molecule has 1 aliphatic heterocycles. The summed E-state index contributed by atoms with van der Waals surface area (Å²) in [5.74, 6) is -0.861. The van der Waals surface area contributed by atoms with E-state index in [1.54, 1.807) is 24.5 Å². The van der Waals surface area contributed by atoms with E-state index in [-0.39, 0.29) is 6.04 Å². The Morgan fingerprint density at radius 1 is 1.69 bits per heavy atom. The number of carboxylic acid groups (broad SMARTS) is 1. The van der Waals surface area contributed by atoms with Gasteiger partial charge in [0.2, 0.25) is 0 Å². The number of nitrogens with one attached hydrogen (secondary N) is 2. The van der Waals surface area contributed by atoms with Crippen molar-refractivity contribution in [2.45, 2.75) is 18.5 Å². The molecule has 86 valence electrons. The smallest absolute Gasteiger partial charge is 0.325 e. The number of nitrogens with zero attached hydrogens (tertiary/aromatic N) is 1. The highest BCUT2D eigenvalue weighted by Crippen LogP contribution is 2.14. The molecule has 1 fully saturated rings. The first kappa shape index (κ1) is 11.0. The lowest BCUT2D eigenvalue weighted by atomic mass is 10.1. The van der Waals surface area contributed by atoms with Gasteiger partial charge in [0.1, 0.15) is 6.04 Å². The van der Waals surface area contributed by atoms with Crippen molar-refractivity contribution in [1.29, 1.82) is 0 Å². The van der Waals surface area contributed by atoms with E-state index >= 15 is 0 Å². The maximum atomic E-state index is 11.2. The first-order chi connectivity index (χ1) is 7.77. The molecule has 0 bridgehead atoms. The van der Waals surface area contributed by atoms with Crippen LogP contribution in [0.15, 0.2) is 24.5 Å². The van der Waals surface area contributed by atoms with Crippen molar-refractivity contribution in [2.75, 3.05) is 13.1 Å². The lowest BCUT2D eigenvalue weighted by Crippen LogP contribution is -2.38. The first-order valence-electron chi connectivity index (χ1n) is 5.37. The minimum absolute atomic E-state index is 0.223. The maximum absolute atomic E-state index is 11.2. The van der Waals surface area contributed by atoms with Crippen LogP contribution < -0.4 is 10.6 Å². The molecule has 0 aliphatic carbocycles. The molecule has 5 nitrogen and oxygen atoms in total. The van der Waals surface area contributed by atoms with Gasteiger partial charge in [-0.2, -0.15) is 0 Å². The molecule has 0 amide bonds. The van der Waals surface area contributed by atoms with E-state index in [9.17, 15) is 9.90 Å². The molecule has 1 saturated heterocycles. The Balaban J connectivity index is 2.08.